The van der Waals surface area contributed by atoms with Crippen LogP contribution in [0.1, 0.15) is 6.42 Å². The van der Waals surface area contributed by atoms with Crippen molar-refractivity contribution < 1.29 is 18.7 Å². The summed E-state index contributed by atoms with van der Waals surface area (Å²) in [6.45, 7) is 1.17. The summed E-state index contributed by atoms with van der Waals surface area (Å²) in [5, 5.41) is 11.0. The number of fused-ring (bicyclic) bond motifs is 1. The number of thioether (sulfide) groups is 1. The van der Waals surface area contributed by atoms with E-state index in [2.05, 4.69) is 15.5 Å². The Kier molecular flexibility index (Phi) is 5.52. The van der Waals surface area contributed by atoms with Gasteiger partial charge in [0.15, 0.2) is 17.3 Å². The highest BCUT2D eigenvalue weighted by atomic mass is 32.2. The molecule has 1 aliphatic rings. The van der Waals surface area contributed by atoms with Crippen molar-refractivity contribution in [1.29, 1.82) is 0 Å². The lowest BCUT2D eigenvalue weighted by molar-refractivity contribution is -0.113. The van der Waals surface area contributed by atoms with Gasteiger partial charge in [-0.3, -0.25) is 4.79 Å². The molecule has 0 atom stereocenters. The Bertz CT molecular complexity index is 1040. The summed E-state index contributed by atoms with van der Waals surface area (Å²) in [5.41, 5.74) is 0.840. The fourth-order valence-electron chi connectivity index (χ4n) is 2.77. The van der Waals surface area contributed by atoms with Crippen LogP contribution in [0.25, 0.3) is 11.4 Å². The second kappa shape index (κ2) is 8.39. The Labute approximate surface area is 170 Å². The zero-order valence-electron chi connectivity index (χ0n) is 15.3. The van der Waals surface area contributed by atoms with Crippen molar-refractivity contribution in [3.8, 4) is 22.9 Å². The lowest BCUT2D eigenvalue weighted by Crippen LogP contribution is -2.16. The number of hydrogen-bond acceptors (Lipinski definition) is 7. The van der Waals surface area contributed by atoms with Gasteiger partial charge >= 0.3 is 0 Å². The molecule has 2 heterocycles. The van der Waals surface area contributed by atoms with Crippen molar-refractivity contribution in [3.63, 3.8) is 0 Å². The zero-order valence-corrected chi connectivity index (χ0v) is 16.1. The van der Waals surface area contributed by atoms with E-state index < -0.39 is 5.82 Å². The molecule has 0 unspecified atom stereocenters. The third kappa shape index (κ3) is 4.27. The molecule has 2 aromatic carbocycles. The lowest BCUT2D eigenvalue weighted by Gasteiger charge is -2.10. The molecule has 1 aromatic heterocycles. The number of rotatable bonds is 5. The van der Waals surface area contributed by atoms with Gasteiger partial charge in [-0.15, -0.1) is 10.2 Å². The molecule has 0 fully saturated rings. The van der Waals surface area contributed by atoms with Crippen molar-refractivity contribution in [3.05, 3.63) is 48.3 Å². The summed E-state index contributed by atoms with van der Waals surface area (Å²) < 4.78 is 26.3. The zero-order chi connectivity index (χ0) is 20.2. The van der Waals surface area contributed by atoms with Gasteiger partial charge in [-0.1, -0.05) is 23.9 Å². The van der Waals surface area contributed by atoms with Gasteiger partial charge < -0.3 is 20.6 Å². The minimum absolute atomic E-state index is 0.0566. The summed E-state index contributed by atoms with van der Waals surface area (Å²) >= 11 is 1.10. The second-order valence-corrected chi connectivity index (χ2v) is 7.15. The second-order valence-electron chi connectivity index (χ2n) is 6.20. The highest BCUT2D eigenvalue weighted by Gasteiger charge is 2.17. The molecule has 1 amide bonds. The van der Waals surface area contributed by atoms with E-state index in [1.165, 1.54) is 10.7 Å². The fraction of sp³-hybridized carbons (Fsp3) is 0.211. The maximum absolute atomic E-state index is 13.9. The molecule has 10 heteroatoms. The van der Waals surface area contributed by atoms with Crippen molar-refractivity contribution in [2.75, 3.05) is 30.1 Å². The average molecular weight is 415 g/mol. The highest BCUT2D eigenvalue weighted by molar-refractivity contribution is 7.99. The standard InChI is InChI=1S/C19H18FN5O3S/c20-14-5-2-1-4-13(14)18-23-24-19(25(18)21)29-11-17(26)22-12-6-7-15-16(10-12)28-9-3-8-27-15/h1-2,4-7,10H,3,8-9,11,21H2,(H,22,26). The van der Waals surface area contributed by atoms with Crippen molar-refractivity contribution in [1.82, 2.24) is 14.9 Å². The predicted molar refractivity (Wildman–Crippen MR) is 107 cm³/mol. The van der Waals surface area contributed by atoms with Crippen LogP contribution >= 0.6 is 11.8 Å². The molecule has 150 valence electrons. The number of aromatic nitrogens is 3. The van der Waals surface area contributed by atoms with Crippen LogP contribution in [-0.4, -0.2) is 39.7 Å². The number of halogens is 1. The molecule has 0 saturated heterocycles. The van der Waals surface area contributed by atoms with Crippen LogP contribution in [0.4, 0.5) is 10.1 Å². The molecule has 4 rings (SSSR count). The molecule has 3 aromatic rings. The van der Waals surface area contributed by atoms with Crippen LogP contribution in [0.5, 0.6) is 11.5 Å². The first-order valence-corrected chi connectivity index (χ1v) is 9.88. The number of ether oxygens (including phenoxy) is 2. The van der Waals surface area contributed by atoms with Crippen LogP contribution in [0.3, 0.4) is 0 Å². The number of nitrogens with two attached hydrogens (primary N) is 1. The number of carbonyl (C=O) groups excluding carboxylic acids is 1. The van der Waals surface area contributed by atoms with E-state index in [1.54, 1.807) is 36.4 Å². The summed E-state index contributed by atoms with van der Waals surface area (Å²) in [5.74, 6) is 6.78. The molecule has 0 spiro atoms. The number of amides is 1. The molecular weight excluding hydrogens is 397 g/mol. The van der Waals surface area contributed by atoms with Gasteiger partial charge in [-0.25, -0.2) is 9.07 Å². The van der Waals surface area contributed by atoms with Gasteiger partial charge in [-0.05, 0) is 24.3 Å². The molecule has 3 N–H and O–H groups in total. The minimum atomic E-state index is -0.449. The van der Waals surface area contributed by atoms with Crippen LogP contribution in [0.15, 0.2) is 47.6 Å². The van der Waals surface area contributed by atoms with Gasteiger partial charge in [0.05, 0.1) is 24.5 Å². The molecule has 0 radical (unpaired) electrons. The van der Waals surface area contributed by atoms with Crippen molar-refractivity contribution in [2.45, 2.75) is 11.6 Å². The van der Waals surface area contributed by atoms with E-state index in [0.717, 1.165) is 18.2 Å². The van der Waals surface area contributed by atoms with Crippen LogP contribution < -0.4 is 20.6 Å². The van der Waals surface area contributed by atoms with Gasteiger partial charge in [0.1, 0.15) is 5.82 Å². The van der Waals surface area contributed by atoms with Gasteiger partial charge in [0, 0.05) is 18.2 Å². The van der Waals surface area contributed by atoms with E-state index in [9.17, 15) is 9.18 Å². The molecule has 0 saturated carbocycles. The number of hydrogen-bond donors (Lipinski definition) is 2. The SMILES string of the molecule is Nn1c(SCC(=O)Nc2ccc3c(c2)OCCCO3)nnc1-c1ccccc1F. The van der Waals surface area contributed by atoms with Crippen LogP contribution in [-0.2, 0) is 4.79 Å². The third-order valence-corrected chi connectivity index (χ3v) is 5.09. The quantitative estimate of drug-likeness (QED) is 0.488. The first-order chi connectivity index (χ1) is 14.1. The summed E-state index contributed by atoms with van der Waals surface area (Å²) in [4.78, 5) is 12.3. The van der Waals surface area contributed by atoms with E-state index in [-0.39, 0.29) is 23.0 Å². The monoisotopic (exact) mass is 415 g/mol. The molecule has 0 bridgehead atoms. The highest BCUT2D eigenvalue weighted by Crippen LogP contribution is 2.32. The van der Waals surface area contributed by atoms with Gasteiger partial charge in [-0.2, -0.15) is 0 Å². The predicted octanol–water partition coefficient (Wildman–Crippen LogP) is 2.69. The molecule has 0 aliphatic carbocycles. The molecular formula is C19H18FN5O3S. The van der Waals surface area contributed by atoms with E-state index in [4.69, 9.17) is 15.3 Å². The Balaban J connectivity index is 1.39. The topological polar surface area (TPSA) is 104 Å². The normalized spacial score (nSPS) is 13.0. The Hall–Kier alpha value is -3.27. The molecule has 1 aliphatic heterocycles. The first-order valence-electron chi connectivity index (χ1n) is 8.89. The first kappa shape index (κ1) is 19.1. The number of nitrogens with one attached hydrogen (secondary N) is 1. The molecule has 29 heavy (non-hydrogen) atoms. The average Bonchev–Trinajstić information content (AvgIpc) is 2.92. The van der Waals surface area contributed by atoms with Crippen LogP contribution in [0.2, 0.25) is 0 Å². The van der Waals surface area contributed by atoms with Gasteiger partial charge in [0.25, 0.3) is 0 Å². The molecule has 8 nitrogen and oxygen atoms in total. The number of benzene rings is 2. The van der Waals surface area contributed by atoms with Gasteiger partial charge in [0.2, 0.25) is 11.1 Å². The number of nitrogens with zero attached hydrogens (tertiary/aromatic N) is 3. The lowest BCUT2D eigenvalue weighted by atomic mass is 10.2. The summed E-state index contributed by atoms with van der Waals surface area (Å²) in [7, 11) is 0. The Morgan fingerprint density at radius 3 is 2.79 bits per heavy atom. The largest absolute Gasteiger partial charge is 0.490 e. The van der Waals surface area contributed by atoms with Crippen molar-refractivity contribution >= 4 is 23.4 Å². The maximum atomic E-state index is 13.9. The summed E-state index contributed by atoms with van der Waals surface area (Å²) in [6, 6.07) is 11.4. The van der Waals surface area contributed by atoms with Crippen molar-refractivity contribution in [2.24, 2.45) is 0 Å². The number of nitrogen functional groups attached to an aromatic ring is 1. The fourth-order valence-corrected chi connectivity index (χ4v) is 3.43. The van der Waals surface area contributed by atoms with E-state index in [0.29, 0.717) is 35.6 Å². The Morgan fingerprint density at radius 2 is 1.97 bits per heavy atom. The number of anilines is 1. The minimum Gasteiger partial charge on any atom is -0.490 e. The maximum Gasteiger partial charge on any atom is 0.234 e. The smallest absolute Gasteiger partial charge is 0.234 e. The summed E-state index contributed by atoms with van der Waals surface area (Å²) in [6.07, 6.45) is 0.807. The van der Waals surface area contributed by atoms with E-state index in [1.807, 2.05) is 0 Å². The van der Waals surface area contributed by atoms with Crippen LogP contribution in [0, 0.1) is 5.82 Å². The Morgan fingerprint density at radius 1 is 1.17 bits per heavy atom. The third-order valence-electron chi connectivity index (χ3n) is 4.14. The van der Waals surface area contributed by atoms with E-state index >= 15 is 0 Å². The number of carbonyl (C=O) groups is 1.